The van der Waals surface area contributed by atoms with Crippen molar-refractivity contribution in [2.75, 3.05) is 6.26 Å². The van der Waals surface area contributed by atoms with Crippen molar-refractivity contribution in [3.8, 4) is 11.1 Å². The number of oxime groups is 1. The molecule has 0 aliphatic carbocycles. The molecule has 0 saturated heterocycles. The number of hydroxylamine groups is 1. The summed E-state index contributed by atoms with van der Waals surface area (Å²) in [4.78, 5) is 17.1. The first-order valence-corrected chi connectivity index (χ1v) is 11.3. The molecule has 29 heavy (non-hydrogen) atoms. The first-order valence-electron chi connectivity index (χ1n) is 9.70. The minimum absolute atomic E-state index is 0.227. The van der Waals surface area contributed by atoms with Crippen LogP contribution >= 0.6 is 0 Å². The summed E-state index contributed by atoms with van der Waals surface area (Å²) >= 11 is 0. The predicted molar refractivity (Wildman–Crippen MR) is 114 cm³/mol. The van der Waals surface area contributed by atoms with E-state index >= 15 is 0 Å². The quantitative estimate of drug-likeness (QED) is 0.512. The van der Waals surface area contributed by atoms with Crippen LogP contribution in [0.25, 0.3) is 11.1 Å². The van der Waals surface area contributed by atoms with E-state index in [1.807, 2.05) is 12.1 Å². The molecule has 0 radical (unpaired) electrons. The predicted octanol–water partition coefficient (Wildman–Crippen LogP) is 3.44. The number of amides is 1. The molecule has 2 N–H and O–H groups in total. The lowest BCUT2D eigenvalue weighted by atomic mass is 9.98. The van der Waals surface area contributed by atoms with Gasteiger partial charge in [0.15, 0.2) is 0 Å². The molecule has 3 atom stereocenters. The van der Waals surface area contributed by atoms with E-state index in [0.717, 1.165) is 29.7 Å². The van der Waals surface area contributed by atoms with Gasteiger partial charge in [0.1, 0.15) is 11.4 Å². The van der Waals surface area contributed by atoms with Crippen LogP contribution in [-0.2, 0) is 26.9 Å². The molecule has 1 aliphatic heterocycles. The maximum Gasteiger partial charge on any atom is 0.259 e. The van der Waals surface area contributed by atoms with Gasteiger partial charge in [0.25, 0.3) is 5.91 Å². The van der Waals surface area contributed by atoms with Crippen LogP contribution in [0.4, 0.5) is 0 Å². The van der Waals surface area contributed by atoms with Gasteiger partial charge in [0.2, 0.25) is 0 Å². The highest BCUT2D eigenvalue weighted by molar-refractivity contribution is 7.85. The van der Waals surface area contributed by atoms with Crippen molar-refractivity contribution in [3.05, 3.63) is 59.7 Å². The summed E-state index contributed by atoms with van der Waals surface area (Å²) < 4.78 is 11.8. The maximum absolute atomic E-state index is 11.8. The van der Waals surface area contributed by atoms with Crippen LogP contribution < -0.4 is 5.48 Å². The highest BCUT2D eigenvalue weighted by Crippen LogP contribution is 2.25. The van der Waals surface area contributed by atoms with E-state index in [4.69, 9.17) is 10.0 Å². The number of hydrogen-bond acceptors (Lipinski definition) is 5. The monoisotopic (exact) mass is 414 g/mol. The van der Waals surface area contributed by atoms with Gasteiger partial charge in [-0.05, 0) is 28.7 Å². The highest BCUT2D eigenvalue weighted by Gasteiger charge is 2.31. The first kappa shape index (κ1) is 21.2. The van der Waals surface area contributed by atoms with Crippen LogP contribution in [0.3, 0.4) is 0 Å². The van der Waals surface area contributed by atoms with Gasteiger partial charge >= 0.3 is 0 Å². The van der Waals surface area contributed by atoms with E-state index in [2.05, 4.69) is 48.5 Å². The molecule has 0 bridgehead atoms. The van der Waals surface area contributed by atoms with Gasteiger partial charge in [-0.1, -0.05) is 67.0 Å². The van der Waals surface area contributed by atoms with E-state index in [-0.39, 0.29) is 12.5 Å². The summed E-state index contributed by atoms with van der Waals surface area (Å²) in [5, 5.41) is 12.1. The second kappa shape index (κ2) is 9.80. The molecule has 1 amide bonds. The van der Waals surface area contributed by atoms with Gasteiger partial charge in [0, 0.05) is 29.9 Å². The number of aryl methyl sites for hydroxylation is 1. The van der Waals surface area contributed by atoms with Gasteiger partial charge in [-0.15, -0.1) is 0 Å². The summed E-state index contributed by atoms with van der Waals surface area (Å²) in [5.74, 6) is -0.669. The Labute approximate surface area is 173 Å². The third-order valence-electron chi connectivity index (χ3n) is 5.06. The number of carbonyl (C=O) groups excluding carboxylic acids is 1. The van der Waals surface area contributed by atoms with Crippen molar-refractivity contribution in [3.63, 3.8) is 0 Å². The topological polar surface area (TPSA) is 88.0 Å². The Morgan fingerprint density at radius 2 is 1.76 bits per heavy atom. The van der Waals surface area contributed by atoms with E-state index in [9.17, 15) is 9.00 Å². The minimum Gasteiger partial charge on any atom is -0.392 e. The zero-order valence-corrected chi connectivity index (χ0v) is 17.4. The van der Waals surface area contributed by atoms with Crippen LogP contribution in [0, 0.1) is 0 Å². The van der Waals surface area contributed by atoms with Crippen LogP contribution in [0.15, 0.2) is 53.7 Å². The Kier molecular flexibility index (Phi) is 7.17. The summed E-state index contributed by atoms with van der Waals surface area (Å²) in [5.41, 5.74) is 6.97. The number of hydrogen-bond donors (Lipinski definition) is 2. The molecule has 0 aromatic heterocycles. The second-order valence-electron chi connectivity index (χ2n) is 7.19. The molecule has 1 aliphatic rings. The molecule has 0 spiro atoms. The highest BCUT2D eigenvalue weighted by atomic mass is 32.2. The van der Waals surface area contributed by atoms with Crippen LogP contribution in [0.2, 0.25) is 0 Å². The number of nitrogens with one attached hydrogen (secondary N) is 1. The normalized spacial score (nSPS) is 17.9. The summed E-state index contributed by atoms with van der Waals surface area (Å²) in [7, 11) is -1.42. The lowest BCUT2D eigenvalue weighted by Gasteiger charge is -2.15. The second-order valence-corrected chi connectivity index (χ2v) is 8.76. The zero-order valence-electron chi connectivity index (χ0n) is 16.6. The van der Waals surface area contributed by atoms with E-state index in [1.54, 1.807) is 5.48 Å². The van der Waals surface area contributed by atoms with E-state index < -0.39 is 22.0 Å². The Morgan fingerprint density at radius 1 is 1.17 bits per heavy atom. The lowest BCUT2D eigenvalue weighted by molar-refractivity contribution is -0.129. The van der Waals surface area contributed by atoms with Crippen molar-refractivity contribution in [1.82, 2.24) is 5.48 Å². The molecule has 0 fully saturated rings. The number of rotatable bonds is 8. The van der Waals surface area contributed by atoms with Crippen LogP contribution in [0.5, 0.6) is 0 Å². The third-order valence-corrected chi connectivity index (χ3v) is 6.27. The zero-order chi connectivity index (χ0) is 20.8. The summed E-state index contributed by atoms with van der Waals surface area (Å²) in [6, 6.07) is 16.8. The Morgan fingerprint density at radius 3 is 2.31 bits per heavy atom. The van der Waals surface area contributed by atoms with Crippen molar-refractivity contribution in [2.45, 2.75) is 44.0 Å². The molecular formula is C22H26N2O4S. The summed E-state index contributed by atoms with van der Waals surface area (Å²) in [6.07, 6.45) is 4.07. The van der Waals surface area contributed by atoms with Gasteiger partial charge in [0.05, 0.1) is 5.71 Å². The molecule has 7 heteroatoms. The molecule has 154 valence electrons. The van der Waals surface area contributed by atoms with Crippen molar-refractivity contribution >= 4 is 22.4 Å². The van der Waals surface area contributed by atoms with Crippen molar-refractivity contribution in [1.29, 1.82) is 0 Å². The largest absolute Gasteiger partial charge is 0.392 e. The fraction of sp³-hybridized carbons (Fsp3) is 0.364. The van der Waals surface area contributed by atoms with Crippen LogP contribution in [-0.4, -0.2) is 38.6 Å². The Bertz CT molecular complexity index is 894. The van der Waals surface area contributed by atoms with E-state index in [1.165, 1.54) is 17.4 Å². The molecular weight excluding hydrogens is 388 g/mol. The number of nitrogens with zero attached hydrogens (tertiary/aromatic N) is 1. The Hall–Kier alpha value is -2.51. The lowest BCUT2D eigenvalue weighted by Crippen LogP contribution is -2.37. The smallest absolute Gasteiger partial charge is 0.259 e. The average molecular weight is 415 g/mol. The molecule has 6 nitrogen and oxygen atoms in total. The minimum atomic E-state index is -1.42. The SMILES string of the molecule is CCCc1ccc(-c2ccc(C3=NOC(CC(C(=O)NO)S(C)=O)C3)cc2)cc1. The molecule has 3 rings (SSSR count). The molecule has 2 aromatic carbocycles. The summed E-state index contributed by atoms with van der Waals surface area (Å²) in [6.45, 7) is 2.18. The van der Waals surface area contributed by atoms with Gasteiger partial charge in [-0.2, -0.15) is 0 Å². The van der Waals surface area contributed by atoms with Crippen LogP contribution in [0.1, 0.15) is 37.3 Å². The molecule has 2 aromatic rings. The fourth-order valence-corrected chi connectivity index (χ4v) is 4.28. The molecule has 1 heterocycles. The maximum atomic E-state index is 11.8. The Balaban J connectivity index is 1.63. The van der Waals surface area contributed by atoms with Crippen molar-refractivity contribution in [2.24, 2.45) is 5.16 Å². The van der Waals surface area contributed by atoms with E-state index in [0.29, 0.717) is 6.42 Å². The molecule has 0 saturated carbocycles. The fourth-order valence-electron chi connectivity index (χ4n) is 3.44. The first-order chi connectivity index (χ1) is 14.0. The number of benzene rings is 2. The van der Waals surface area contributed by atoms with Gasteiger partial charge in [-0.25, -0.2) is 5.48 Å². The standard InChI is InChI=1S/C22H26N2O4S/c1-3-4-15-5-7-16(8-6-15)17-9-11-18(12-10-17)20-13-19(28-24-20)14-21(29(2)27)22(25)23-26/h5-12,19,21,26H,3-4,13-14H2,1-2H3,(H,23,25). The van der Waals surface area contributed by atoms with Gasteiger partial charge in [-0.3, -0.25) is 14.2 Å². The van der Waals surface area contributed by atoms with Crippen molar-refractivity contribution < 1.29 is 19.0 Å². The average Bonchev–Trinajstić information content (AvgIpc) is 3.21. The molecule has 3 unspecified atom stereocenters. The van der Waals surface area contributed by atoms with Gasteiger partial charge < -0.3 is 4.84 Å². The third kappa shape index (κ3) is 5.31. The number of carbonyl (C=O) groups is 1.